The Kier molecular flexibility index (Phi) is 8.33. The Labute approximate surface area is 184 Å². The second kappa shape index (κ2) is 10.7. The number of carbonyl (C=O) groups is 2. The van der Waals surface area contributed by atoms with Crippen molar-refractivity contribution in [2.24, 2.45) is 5.92 Å². The summed E-state index contributed by atoms with van der Waals surface area (Å²) >= 11 is 0. The molecule has 0 saturated heterocycles. The van der Waals surface area contributed by atoms with Gasteiger partial charge in [0.05, 0.1) is 5.41 Å². The van der Waals surface area contributed by atoms with Crippen molar-refractivity contribution < 1.29 is 18.0 Å². The summed E-state index contributed by atoms with van der Waals surface area (Å²) in [6.07, 6.45) is 2.84. The second-order valence-electron chi connectivity index (χ2n) is 7.10. The summed E-state index contributed by atoms with van der Waals surface area (Å²) in [5.41, 5.74) is 3.31. The molecule has 1 atom stereocenters. The Bertz CT molecular complexity index is 1080. The Morgan fingerprint density at radius 1 is 1.10 bits per heavy atom. The summed E-state index contributed by atoms with van der Waals surface area (Å²) in [4.78, 5) is 27.5. The maximum atomic E-state index is 13.2. The third-order valence-electron chi connectivity index (χ3n) is 4.95. The zero-order valence-electron chi connectivity index (χ0n) is 18.0. The Hall–Kier alpha value is -3.19. The SMILES string of the molecule is C=CCC(C(=O)NS(=O)(=O)/C=C/c1ccccc1)C(=O)N(CC)c1cccc(C)c1C. The molecule has 0 radical (unpaired) electrons. The molecule has 0 aliphatic carbocycles. The molecule has 0 aromatic heterocycles. The third kappa shape index (κ3) is 6.39. The van der Waals surface area contributed by atoms with Gasteiger partial charge in [-0.05, 0) is 56.0 Å². The monoisotopic (exact) mass is 440 g/mol. The first kappa shape index (κ1) is 24.1. The Morgan fingerprint density at radius 2 is 1.77 bits per heavy atom. The quantitative estimate of drug-likeness (QED) is 0.472. The number of nitrogens with zero attached hydrogens (tertiary/aromatic N) is 1. The summed E-state index contributed by atoms with van der Waals surface area (Å²) in [5, 5.41) is 0.915. The number of sulfonamides is 1. The van der Waals surface area contributed by atoms with E-state index in [0.717, 1.165) is 16.5 Å². The summed E-state index contributed by atoms with van der Waals surface area (Å²) in [5.74, 6) is -2.57. The molecule has 0 aliphatic rings. The minimum Gasteiger partial charge on any atom is -0.312 e. The van der Waals surface area contributed by atoms with Crippen LogP contribution in [-0.4, -0.2) is 26.8 Å². The molecule has 0 saturated carbocycles. The molecule has 0 heterocycles. The fourth-order valence-corrected chi connectivity index (χ4v) is 3.95. The molecular weight excluding hydrogens is 412 g/mol. The molecule has 0 aliphatic heterocycles. The highest BCUT2D eigenvalue weighted by molar-refractivity contribution is 7.93. The van der Waals surface area contributed by atoms with Crippen molar-refractivity contribution in [1.29, 1.82) is 0 Å². The van der Waals surface area contributed by atoms with Gasteiger partial charge < -0.3 is 4.90 Å². The minimum atomic E-state index is -4.07. The molecular formula is C24H28N2O4S. The third-order valence-corrected chi connectivity index (χ3v) is 5.93. The number of benzene rings is 2. The molecule has 1 unspecified atom stereocenters. The molecule has 2 rings (SSSR count). The topological polar surface area (TPSA) is 83.5 Å². The van der Waals surface area contributed by atoms with E-state index in [1.807, 2.05) is 49.8 Å². The van der Waals surface area contributed by atoms with E-state index in [1.54, 1.807) is 24.3 Å². The normalized spacial score (nSPS) is 12.4. The van der Waals surface area contributed by atoms with Crippen molar-refractivity contribution in [3.05, 3.63) is 83.3 Å². The fourth-order valence-electron chi connectivity index (χ4n) is 3.13. The van der Waals surface area contributed by atoms with Gasteiger partial charge in [0.25, 0.3) is 10.0 Å². The molecule has 1 N–H and O–H groups in total. The van der Waals surface area contributed by atoms with Crippen molar-refractivity contribution in [2.45, 2.75) is 27.2 Å². The van der Waals surface area contributed by atoms with Crippen LogP contribution in [-0.2, 0) is 19.6 Å². The van der Waals surface area contributed by atoms with E-state index in [1.165, 1.54) is 17.1 Å². The molecule has 2 aromatic rings. The molecule has 7 heteroatoms. The van der Waals surface area contributed by atoms with E-state index >= 15 is 0 Å². The van der Waals surface area contributed by atoms with Crippen LogP contribution in [0, 0.1) is 19.8 Å². The number of hydrogen-bond donors (Lipinski definition) is 1. The van der Waals surface area contributed by atoms with Crippen molar-refractivity contribution in [3.63, 3.8) is 0 Å². The summed E-state index contributed by atoms with van der Waals surface area (Å²) in [7, 11) is -4.07. The molecule has 0 bridgehead atoms. The van der Waals surface area contributed by atoms with E-state index in [2.05, 4.69) is 6.58 Å². The Morgan fingerprint density at radius 3 is 2.39 bits per heavy atom. The van der Waals surface area contributed by atoms with Gasteiger partial charge in [0.15, 0.2) is 0 Å². The lowest BCUT2D eigenvalue weighted by Gasteiger charge is -2.27. The molecule has 0 fully saturated rings. The summed E-state index contributed by atoms with van der Waals surface area (Å²) in [6, 6.07) is 14.4. The van der Waals surface area contributed by atoms with Crippen molar-refractivity contribution in [2.75, 3.05) is 11.4 Å². The Balaban J connectivity index is 2.25. The molecule has 0 spiro atoms. The maximum absolute atomic E-state index is 13.2. The van der Waals surface area contributed by atoms with Crippen LogP contribution in [0.1, 0.15) is 30.0 Å². The highest BCUT2D eigenvalue weighted by Crippen LogP contribution is 2.25. The van der Waals surface area contributed by atoms with Gasteiger partial charge in [-0.25, -0.2) is 13.1 Å². The predicted octanol–water partition coefficient (Wildman–Crippen LogP) is 3.97. The van der Waals surface area contributed by atoms with Crippen LogP contribution in [0.5, 0.6) is 0 Å². The number of hydrogen-bond acceptors (Lipinski definition) is 4. The zero-order chi connectivity index (χ0) is 23.0. The van der Waals surface area contributed by atoms with E-state index in [9.17, 15) is 18.0 Å². The first-order chi connectivity index (χ1) is 14.7. The predicted molar refractivity (Wildman–Crippen MR) is 125 cm³/mol. The highest BCUT2D eigenvalue weighted by atomic mass is 32.2. The molecule has 164 valence electrons. The molecule has 2 aromatic carbocycles. The average molecular weight is 441 g/mol. The maximum Gasteiger partial charge on any atom is 0.257 e. The van der Waals surface area contributed by atoms with Gasteiger partial charge in [0.1, 0.15) is 5.92 Å². The van der Waals surface area contributed by atoms with Crippen molar-refractivity contribution >= 4 is 33.6 Å². The van der Waals surface area contributed by atoms with Gasteiger partial charge in [-0.3, -0.25) is 9.59 Å². The molecule has 31 heavy (non-hydrogen) atoms. The lowest BCUT2D eigenvalue weighted by atomic mass is 10.0. The van der Waals surface area contributed by atoms with E-state index < -0.39 is 27.8 Å². The highest BCUT2D eigenvalue weighted by Gasteiger charge is 2.32. The number of carbonyl (C=O) groups excluding carboxylic acids is 2. The van der Waals surface area contributed by atoms with Gasteiger partial charge in [-0.2, -0.15) is 0 Å². The zero-order valence-corrected chi connectivity index (χ0v) is 18.9. The fraction of sp³-hybridized carbons (Fsp3) is 0.250. The van der Waals surface area contributed by atoms with Crippen LogP contribution in [0.15, 0.2) is 66.6 Å². The van der Waals surface area contributed by atoms with Crippen molar-refractivity contribution in [3.8, 4) is 0 Å². The van der Waals surface area contributed by atoms with Gasteiger partial charge in [0, 0.05) is 12.2 Å². The molecule has 2 amide bonds. The van der Waals surface area contributed by atoms with Gasteiger partial charge in [0.2, 0.25) is 11.8 Å². The van der Waals surface area contributed by atoms with Crippen LogP contribution >= 0.6 is 0 Å². The first-order valence-electron chi connectivity index (χ1n) is 9.98. The van der Waals surface area contributed by atoms with Crippen LogP contribution in [0.2, 0.25) is 0 Å². The number of rotatable bonds is 9. The van der Waals surface area contributed by atoms with E-state index in [-0.39, 0.29) is 6.42 Å². The number of allylic oxidation sites excluding steroid dienone is 1. The van der Waals surface area contributed by atoms with E-state index in [4.69, 9.17) is 0 Å². The van der Waals surface area contributed by atoms with Crippen LogP contribution in [0.4, 0.5) is 5.69 Å². The molecule has 6 nitrogen and oxygen atoms in total. The average Bonchev–Trinajstić information content (AvgIpc) is 2.74. The number of aryl methyl sites for hydroxylation is 1. The lowest BCUT2D eigenvalue weighted by molar-refractivity contribution is -0.132. The van der Waals surface area contributed by atoms with Crippen LogP contribution < -0.4 is 9.62 Å². The largest absolute Gasteiger partial charge is 0.312 e. The standard InChI is InChI=1S/C24H28N2O4S/c1-5-11-21(24(28)26(6-2)22-15-10-12-18(3)19(22)4)23(27)25-31(29,30)17-16-20-13-8-7-9-14-20/h5,7-10,12-17,21H,1,6,11H2,2-4H3,(H,25,27)/b17-16+. The van der Waals surface area contributed by atoms with Gasteiger partial charge in [-0.15, -0.1) is 6.58 Å². The van der Waals surface area contributed by atoms with Gasteiger partial charge >= 0.3 is 0 Å². The number of anilines is 1. The lowest BCUT2D eigenvalue weighted by Crippen LogP contribution is -2.45. The van der Waals surface area contributed by atoms with Crippen LogP contribution in [0.3, 0.4) is 0 Å². The minimum absolute atomic E-state index is 0.0178. The number of amides is 2. The number of nitrogens with one attached hydrogen (secondary N) is 1. The van der Waals surface area contributed by atoms with Gasteiger partial charge in [-0.1, -0.05) is 48.5 Å². The van der Waals surface area contributed by atoms with Crippen molar-refractivity contribution in [1.82, 2.24) is 4.72 Å². The van der Waals surface area contributed by atoms with E-state index in [0.29, 0.717) is 17.8 Å². The smallest absolute Gasteiger partial charge is 0.257 e. The first-order valence-corrected chi connectivity index (χ1v) is 11.5. The van der Waals surface area contributed by atoms with Crippen LogP contribution in [0.25, 0.3) is 6.08 Å². The second-order valence-corrected chi connectivity index (χ2v) is 8.67. The summed E-state index contributed by atoms with van der Waals surface area (Å²) < 4.78 is 26.8. The summed E-state index contributed by atoms with van der Waals surface area (Å²) in [6.45, 7) is 9.60.